The van der Waals surface area contributed by atoms with E-state index in [1.165, 1.54) is 6.07 Å². The van der Waals surface area contributed by atoms with Crippen molar-refractivity contribution in [1.29, 1.82) is 0 Å². The zero-order valence-corrected chi connectivity index (χ0v) is 10.9. The number of hydrogen-bond donors (Lipinski definition) is 2. The number of aliphatic hydroxyl groups excluding tert-OH is 1. The highest BCUT2D eigenvalue weighted by Crippen LogP contribution is 2.19. The molecule has 0 aliphatic rings. The van der Waals surface area contributed by atoms with Gasteiger partial charge < -0.3 is 10.4 Å². The van der Waals surface area contributed by atoms with Crippen LogP contribution in [-0.4, -0.2) is 23.2 Å². The summed E-state index contributed by atoms with van der Waals surface area (Å²) in [7, 11) is 0. The van der Waals surface area contributed by atoms with Crippen LogP contribution in [0.15, 0.2) is 42.7 Å². The summed E-state index contributed by atoms with van der Waals surface area (Å²) in [5.74, 6) is -1.46. The van der Waals surface area contributed by atoms with Crippen LogP contribution in [0.5, 0.6) is 0 Å². The van der Waals surface area contributed by atoms with Gasteiger partial charge in [-0.25, -0.2) is 8.78 Å². The van der Waals surface area contributed by atoms with E-state index in [0.29, 0.717) is 6.54 Å². The van der Waals surface area contributed by atoms with E-state index < -0.39 is 17.7 Å². The first-order chi connectivity index (χ1) is 9.68. The Labute approximate surface area is 116 Å². The molecule has 0 saturated carbocycles. The third-order valence-electron chi connectivity index (χ3n) is 2.98. The van der Waals surface area contributed by atoms with Gasteiger partial charge in [-0.15, -0.1) is 0 Å². The second-order valence-electron chi connectivity index (χ2n) is 4.47. The minimum absolute atomic E-state index is 0.0954. The van der Waals surface area contributed by atoms with Gasteiger partial charge in [-0.2, -0.15) is 0 Å². The van der Waals surface area contributed by atoms with Crippen molar-refractivity contribution in [1.82, 2.24) is 10.3 Å². The summed E-state index contributed by atoms with van der Waals surface area (Å²) in [6, 6.07) is 7.34. The Bertz CT molecular complexity index is 529. The van der Waals surface area contributed by atoms with Gasteiger partial charge in [0.2, 0.25) is 0 Å². The average molecular weight is 278 g/mol. The van der Waals surface area contributed by atoms with Crippen molar-refractivity contribution in [2.45, 2.75) is 12.5 Å². The number of aromatic nitrogens is 1. The SMILES string of the molecule is OC(CNCCc1cccnc1)c1c(F)cccc1F. The molecule has 20 heavy (non-hydrogen) atoms. The molecule has 0 spiro atoms. The van der Waals surface area contributed by atoms with Crippen LogP contribution in [0.3, 0.4) is 0 Å². The standard InChI is InChI=1S/C15H16F2N2O/c16-12-4-1-5-13(17)15(12)14(20)10-19-8-6-11-3-2-7-18-9-11/h1-5,7,9,14,19-20H,6,8,10H2. The molecule has 3 nitrogen and oxygen atoms in total. The maximum Gasteiger partial charge on any atom is 0.131 e. The Hall–Kier alpha value is -1.85. The van der Waals surface area contributed by atoms with Crippen molar-refractivity contribution in [3.8, 4) is 0 Å². The number of halogens is 2. The summed E-state index contributed by atoms with van der Waals surface area (Å²) in [6.45, 7) is 0.691. The molecule has 0 amide bonds. The van der Waals surface area contributed by atoms with Gasteiger partial charge in [0, 0.05) is 18.9 Å². The van der Waals surface area contributed by atoms with Gasteiger partial charge in [0.15, 0.2) is 0 Å². The Balaban J connectivity index is 1.82. The lowest BCUT2D eigenvalue weighted by atomic mass is 10.1. The van der Waals surface area contributed by atoms with Gasteiger partial charge in [0.25, 0.3) is 0 Å². The highest BCUT2D eigenvalue weighted by Gasteiger charge is 2.16. The largest absolute Gasteiger partial charge is 0.387 e. The molecule has 106 valence electrons. The van der Waals surface area contributed by atoms with E-state index in [4.69, 9.17) is 0 Å². The van der Waals surface area contributed by atoms with Gasteiger partial charge in [-0.05, 0) is 36.7 Å². The van der Waals surface area contributed by atoms with Crippen molar-refractivity contribution in [2.24, 2.45) is 0 Å². The van der Waals surface area contributed by atoms with Gasteiger partial charge in [-0.1, -0.05) is 12.1 Å². The average Bonchev–Trinajstić information content (AvgIpc) is 2.44. The molecule has 0 saturated heterocycles. The molecule has 0 bridgehead atoms. The van der Waals surface area contributed by atoms with Crippen LogP contribution >= 0.6 is 0 Å². The molecule has 2 aromatic rings. The zero-order valence-electron chi connectivity index (χ0n) is 10.9. The van der Waals surface area contributed by atoms with Crippen LogP contribution in [0.25, 0.3) is 0 Å². The normalized spacial score (nSPS) is 12.3. The van der Waals surface area contributed by atoms with Crippen molar-refractivity contribution in [3.05, 3.63) is 65.5 Å². The maximum atomic E-state index is 13.4. The first-order valence-corrected chi connectivity index (χ1v) is 6.40. The number of benzene rings is 1. The van der Waals surface area contributed by atoms with Crippen LogP contribution in [0.4, 0.5) is 8.78 Å². The van der Waals surface area contributed by atoms with E-state index in [9.17, 15) is 13.9 Å². The van der Waals surface area contributed by atoms with E-state index >= 15 is 0 Å². The monoisotopic (exact) mass is 278 g/mol. The predicted molar refractivity (Wildman–Crippen MR) is 72.1 cm³/mol. The van der Waals surface area contributed by atoms with Gasteiger partial charge >= 0.3 is 0 Å². The third kappa shape index (κ3) is 3.82. The Morgan fingerprint density at radius 2 is 1.90 bits per heavy atom. The van der Waals surface area contributed by atoms with Crippen LogP contribution in [0, 0.1) is 11.6 Å². The van der Waals surface area contributed by atoms with E-state index in [0.717, 1.165) is 24.1 Å². The van der Waals surface area contributed by atoms with E-state index in [1.807, 2.05) is 12.1 Å². The van der Waals surface area contributed by atoms with Gasteiger partial charge in [-0.3, -0.25) is 4.98 Å². The molecule has 0 aliphatic heterocycles. The van der Waals surface area contributed by atoms with Crippen LogP contribution in [-0.2, 0) is 6.42 Å². The van der Waals surface area contributed by atoms with E-state index in [2.05, 4.69) is 10.3 Å². The lowest BCUT2D eigenvalue weighted by Crippen LogP contribution is -2.25. The smallest absolute Gasteiger partial charge is 0.131 e. The van der Waals surface area contributed by atoms with Crippen LogP contribution in [0.1, 0.15) is 17.2 Å². The molecule has 0 aliphatic carbocycles. The van der Waals surface area contributed by atoms with E-state index in [-0.39, 0.29) is 12.1 Å². The highest BCUT2D eigenvalue weighted by molar-refractivity contribution is 5.22. The van der Waals surface area contributed by atoms with Crippen LogP contribution in [0.2, 0.25) is 0 Å². The molecule has 1 aromatic heterocycles. The van der Waals surface area contributed by atoms with Gasteiger partial charge in [0.05, 0.1) is 11.7 Å². The number of nitrogens with one attached hydrogen (secondary N) is 1. The molecule has 1 heterocycles. The summed E-state index contributed by atoms with van der Waals surface area (Å²) < 4.78 is 26.9. The summed E-state index contributed by atoms with van der Waals surface area (Å²) in [5, 5.41) is 12.8. The number of pyridine rings is 1. The summed E-state index contributed by atoms with van der Waals surface area (Å²) >= 11 is 0. The second kappa shape index (κ2) is 7.07. The fourth-order valence-corrected chi connectivity index (χ4v) is 1.95. The van der Waals surface area contributed by atoms with Crippen molar-refractivity contribution in [2.75, 3.05) is 13.1 Å². The Morgan fingerprint density at radius 1 is 1.15 bits per heavy atom. The Kier molecular flexibility index (Phi) is 5.15. The van der Waals surface area contributed by atoms with Gasteiger partial charge in [0.1, 0.15) is 11.6 Å². The fraction of sp³-hybridized carbons (Fsp3) is 0.267. The molecular weight excluding hydrogens is 262 g/mol. The molecule has 1 atom stereocenters. The summed E-state index contributed by atoms with van der Waals surface area (Å²) in [4.78, 5) is 3.99. The molecule has 2 rings (SSSR count). The molecule has 0 radical (unpaired) electrons. The molecule has 1 unspecified atom stereocenters. The minimum atomic E-state index is -1.20. The van der Waals surface area contributed by atoms with Crippen molar-refractivity contribution >= 4 is 0 Å². The number of rotatable bonds is 6. The molecule has 0 fully saturated rings. The molecule has 5 heteroatoms. The predicted octanol–water partition coefficient (Wildman–Crippen LogP) is 2.23. The first kappa shape index (κ1) is 14.6. The molecular formula is C15H16F2N2O. The van der Waals surface area contributed by atoms with E-state index in [1.54, 1.807) is 12.4 Å². The van der Waals surface area contributed by atoms with Crippen molar-refractivity contribution < 1.29 is 13.9 Å². The lowest BCUT2D eigenvalue weighted by Gasteiger charge is -2.13. The number of hydrogen-bond acceptors (Lipinski definition) is 3. The zero-order chi connectivity index (χ0) is 14.4. The quantitative estimate of drug-likeness (QED) is 0.796. The summed E-state index contributed by atoms with van der Waals surface area (Å²) in [5.41, 5.74) is 0.771. The number of aliphatic hydroxyl groups is 1. The molecule has 1 aromatic carbocycles. The number of nitrogens with zero attached hydrogens (tertiary/aromatic N) is 1. The maximum absolute atomic E-state index is 13.4. The lowest BCUT2D eigenvalue weighted by molar-refractivity contribution is 0.165. The fourth-order valence-electron chi connectivity index (χ4n) is 1.95. The topological polar surface area (TPSA) is 45.1 Å². The van der Waals surface area contributed by atoms with Crippen LogP contribution < -0.4 is 5.32 Å². The molecule has 2 N–H and O–H groups in total. The third-order valence-corrected chi connectivity index (χ3v) is 2.98. The first-order valence-electron chi connectivity index (χ1n) is 6.40. The Morgan fingerprint density at radius 3 is 2.55 bits per heavy atom. The minimum Gasteiger partial charge on any atom is -0.387 e. The second-order valence-corrected chi connectivity index (χ2v) is 4.47. The van der Waals surface area contributed by atoms with Crippen molar-refractivity contribution in [3.63, 3.8) is 0 Å². The summed E-state index contributed by atoms with van der Waals surface area (Å²) in [6.07, 6.45) is 2.99. The highest BCUT2D eigenvalue weighted by atomic mass is 19.1.